The van der Waals surface area contributed by atoms with Crippen LogP contribution in [0.15, 0.2) is 0 Å². The third-order valence-electron chi connectivity index (χ3n) is 3.72. The van der Waals surface area contributed by atoms with E-state index in [0.717, 1.165) is 32.1 Å². The summed E-state index contributed by atoms with van der Waals surface area (Å²) in [5.74, 6) is 0.563. The highest BCUT2D eigenvalue weighted by Crippen LogP contribution is 2.23. The van der Waals surface area contributed by atoms with Crippen molar-refractivity contribution in [3.05, 3.63) is 0 Å². The highest BCUT2D eigenvalue weighted by Gasteiger charge is 2.29. The number of Topliss-reactive ketones (excluding diaryl/α,β-unsaturated/α-hetero) is 1. The first-order chi connectivity index (χ1) is 9.47. The monoisotopic (exact) mass is 304 g/mol. The number of ether oxygens (including phenoxy) is 1. The summed E-state index contributed by atoms with van der Waals surface area (Å²) in [5.41, 5.74) is 0. The molecule has 0 fully saturated rings. The first kappa shape index (κ1) is 19.9. The number of thiol groups is 1. The standard InChI is InChI=1S/C16H32O3S/c1-4-6-10-14(5-2)13-19-16(3,20)15(18)11-8-7-9-12-17/h14,17,20H,4-13H2,1-3H3. The van der Waals surface area contributed by atoms with E-state index >= 15 is 0 Å². The maximum Gasteiger partial charge on any atom is 0.174 e. The summed E-state index contributed by atoms with van der Waals surface area (Å²) in [6.45, 7) is 6.90. The van der Waals surface area contributed by atoms with Crippen molar-refractivity contribution >= 4 is 18.4 Å². The Bertz CT molecular complexity index is 254. The van der Waals surface area contributed by atoms with Crippen LogP contribution in [0.25, 0.3) is 0 Å². The molecule has 0 aromatic carbocycles. The van der Waals surface area contributed by atoms with Crippen molar-refractivity contribution in [1.29, 1.82) is 0 Å². The van der Waals surface area contributed by atoms with Gasteiger partial charge in [0, 0.05) is 13.0 Å². The molecular weight excluding hydrogens is 272 g/mol. The van der Waals surface area contributed by atoms with E-state index in [1.54, 1.807) is 6.92 Å². The van der Waals surface area contributed by atoms with Crippen LogP contribution in [0.3, 0.4) is 0 Å². The molecule has 4 heteroatoms. The van der Waals surface area contributed by atoms with Gasteiger partial charge in [0.1, 0.15) is 0 Å². The van der Waals surface area contributed by atoms with Crippen LogP contribution in [0.5, 0.6) is 0 Å². The summed E-state index contributed by atoms with van der Waals surface area (Å²) in [6, 6.07) is 0. The average molecular weight is 304 g/mol. The average Bonchev–Trinajstić information content (AvgIpc) is 2.43. The summed E-state index contributed by atoms with van der Waals surface area (Å²) >= 11 is 4.39. The summed E-state index contributed by atoms with van der Waals surface area (Å²) in [6.07, 6.45) is 7.54. The Morgan fingerprint density at radius 3 is 2.50 bits per heavy atom. The topological polar surface area (TPSA) is 46.5 Å². The van der Waals surface area contributed by atoms with E-state index in [1.807, 2.05) is 0 Å². The van der Waals surface area contributed by atoms with Gasteiger partial charge in [0.2, 0.25) is 0 Å². The van der Waals surface area contributed by atoms with Crippen molar-refractivity contribution in [2.45, 2.75) is 77.1 Å². The van der Waals surface area contributed by atoms with Crippen molar-refractivity contribution in [3.63, 3.8) is 0 Å². The number of ketones is 1. The largest absolute Gasteiger partial charge is 0.396 e. The highest BCUT2D eigenvalue weighted by atomic mass is 32.1. The predicted molar refractivity (Wildman–Crippen MR) is 87.2 cm³/mol. The molecule has 2 unspecified atom stereocenters. The summed E-state index contributed by atoms with van der Waals surface area (Å²) in [7, 11) is 0. The maximum absolute atomic E-state index is 12.1. The minimum absolute atomic E-state index is 0.0455. The lowest BCUT2D eigenvalue weighted by atomic mass is 10.0. The van der Waals surface area contributed by atoms with E-state index in [4.69, 9.17) is 9.84 Å². The molecule has 0 amide bonds. The fraction of sp³-hybridized carbons (Fsp3) is 0.938. The Morgan fingerprint density at radius 2 is 1.95 bits per heavy atom. The van der Waals surface area contributed by atoms with Crippen LogP contribution in [-0.2, 0) is 9.53 Å². The number of hydrogen-bond donors (Lipinski definition) is 2. The molecule has 0 heterocycles. The van der Waals surface area contributed by atoms with Crippen LogP contribution in [0, 0.1) is 5.92 Å². The van der Waals surface area contributed by atoms with Crippen molar-refractivity contribution in [3.8, 4) is 0 Å². The highest BCUT2D eigenvalue weighted by molar-refractivity contribution is 7.82. The second kappa shape index (κ2) is 11.6. The SMILES string of the molecule is CCCCC(CC)COC(C)(S)C(=O)CCCCCO. The molecule has 20 heavy (non-hydrogen) atoms. The van der Waals surface area contributed by atoms with E-state index < -0.39 is 4.93 Å². The minimum Gasteiger partial charge on any atom is -0.396 e. The van der Waals surface area contributed by atoms with Gasteiger partial charge in [0.15, 0.2) is 10.7 Å². The number of aliphatic hydroxyl groups is 1. The lowest BCUT2D eigenvalue weighted by Crippen LogP contribution is -2.34. The van der Waals surface area contributed by atoms with Gasteiger partial charge in [-0.15, -0.1) is 12.6 Å². The van der Waals surface area contributed by atoms with E-state index in [-0.39, 0.29) is 12.4 Å². The first-order valence-electron chi connectivity index (χ1n) is 7.98. The Balaban J connectivity index is 4.04. The molecule has 0 aliphatic carbocycles. The second-order valence-electron chi connectivity index (χ2n) is 5.67. The lowest BCUT2D eigenvalue weighted by Gasteiger charge is -2.26. The molecular formula is C16H32O3S. The summed E-state index contributed by atoms with van der Waals surface area (Å²) < 4.78 is 5.76. The third-order valence-corrected chi connectivity index (χ3v) is 4.10. The van der Waals surface area contributed by atoms with Gasteiger partial charge >= 0.3 is 0 Å². The Kier molecular flexibility index (Phi) is 11.5. The van der Waals surface area contributed by atoms with Crippen LogP contribution < -0.4 is 0 Å². The zero-order chi connectivity index (χ0) is 15.4. The van der Waals surface area contributed by atoms with Crippen molar-refractivity contribution in [2.75, 3.05) is 13.2 Å². The molecule has 0 saturated carbocycles. The van der Waals surface area contributed by atoms with E-state index in [2.05, 4.69) is 26.5 Å². The molecule has 0 saturated heterocycles. The molecule has 0 bridgehead atoms. The quantitative estimate of drug-likeness (QED) is 0.307. The second-order valence-corrected chi connectivity index (χ2v) is 6.52. The molecule has 0 aromatic heterocycles. The number of aliphatic hydroxyl groups excluding tert-OH is 1. The van der Waals surface area contributed by atoms with E-state index in [1.165, 1.54) is 12.8 Å². The molecule has 3 nitrogen and oxygen atoms in total. The molecule has 120 valence electrons. The smallest absolute Gasteiger partial charge is 0.174 e. The molecule has 2 atom stereocenters. The van der Waals surface area contributed by atoms with Crippen molar-refractivity contribution in [2.24, 2.45) is 5.92 Å². The molecule has 0 aliphatic rings. The van der Waals surface area contributed by atoms with Gasteiger partial charge in [-0.1, -0.05) is 39.5 Å². The summed E-state index contributed by atoms with van der Waals surface area (Å²) in [4.78, 5) is 11.1. The number of carbonyl (C=O) groups excluding carboxylic acids is 1. The van der Waals surface area contributed by atoms with Crippen LogP contribution in [-0.4, -0.2) is 29.0 Å². The fourth-order valence-corrected chi connectivity index (χ4v) is 2.25. The number of rotatable bonds is 13. The molecule has 0 rings (SSSR count). The van der Waals surface area contributed by atoms with Gasteiger partial charge in [-0.25, -0.2) is 0 Å². The first-order valence-corrected chi connectivity index (χ1v) is 8.43. The van der Waals surface area contributed by atoms with Gasteiger partial charge in [0.25, 0.3) is 0 Å². The van der Waals surface area contributed by atoms with Gasteiger partial charge in [0.05, 0.1) is 6.61 Å². The zero-order valence-corrected chi connectivity index (χ0v) is 14.3. The molecule has 0 radical (unpaired) electrons. The number of unbranched alkanes of at least 4 members (excludes halogenated alkanes) is 3. The number of carbonyl (C=O) groups is 1. The van der Waals surface area contributed by atoms with Gasteiger partial charge in [-0.3, -0.25) is 4.79 Å². The Morgan fingerprint density at radius 1 is 1.25 bits per heavy atom. The molecule has 0 aliphatic heterocycles. The molecule has 1 N–H and O–H groups in total. The predicted octanol–water partition coefficient (Wildman–Crippen LogP) is 3.99. The molecule has 0 aromatic rings. The van der Waals surface area contributed by atoms with Gasteiger partial charge in [-0.2, -0.15) is 0 Å². The van der Waals surface area contributed by atoms with Crippen LogP contribution in [0.1, 0.15) is 72.1 Å². The minimum atomic E-state index is -0.973. The van der Waals surface area contributed by atoms with Gasteiger partial charge < -0.3 is 9.84 Å². The van der Waals surface area contributed by atoms with Crippen LogP contribution >= 0.6 is 12.6 Å². The summed E-state index contributed by atoms with van der Waals surface area (Å²) in [5, 5.41) is 8.71. The van der Waals surface area contributed by atoms with Gasteiger partial charge in [-0.05, 0) is 32.1 Å². The van der Waals surface area contributed by atoms with E-state index in [0.29, 0.717) is 18.9 Å². The molecule has 0 spiro atoms. The number of hydrogen-bond acceptors (Lipinski definition) is 4. The zero-order valence-electron chi connectivity index (χ0n) is 13.4. The Hall–Kier alpha value is -0.0600. The van der Waals surface area contributed by atoms with Crippen LogP contribution in [0.2, 0.25) is 0 Å². The lowest BCUT2D eigenvalue weighted by molar-refractivity contribution is -0.133. The van der Waals surface area contributed by atoms with Crippen LogP contribution in [0.4, 0.5) is 0 Å². The fourth-order valence-electron chi connectivity index (χ4n) is 2.06. The Labute approximate surface area is 129 Å². The normalized spacial score (nSPS) is 15.8. The van der Waals surface area contributed by atoms with E-state index in [9.17, 15) is 4.79 Å². The third kappa shape index (κ3) is 8.98. The van der Waals surface area contributed by atoms with Crippen molar-refractivity contribution in [1.82, 2.24) is 0 Å². The van der Waals surface area contributed by atoms with Crippen molar-refractivity contribution < 1.29 is 14.6 Å². The maximum atomic E-state index is 12.1.